The van der Waals surface area contributed by atoms with Gasteiger partial charge in [0.2, 0.25) is 0 Å². The van der Waals surface area contributed by atoms with E-state index in [4.69, 9.17) is 0 Å². The Bertz CT molecular complexity index is 2070. The van der Waals surface area contributed by atoms with Crippen LogP contribution in [0, 0.1) is 22.7 Å². The number of hydrogen-bond acceptors (Lipinski definition) is 15. The number of thioether (sulfide) groups is 2. The zero-order valence-corrected chi connectivity index (χ0v) is 44.6. The number of aromatic amines is 1. The summed E-state index contributed by atoms with van der Waals surface area (Å²) >= 11 is 3.43. The molecule has 19 heteroatoms. The van der Waals surface area contributed by atoms with Crippen LogP contribution >= 0.6 is 23.5 Å². The van der Waals surface area contributed by atoms with E-state index in [9.17, 15) is 38.4 Å². The van der Waals surface area contributed by atoms with Crippen molar-refractivity contribution < 1.29 is 38.4 Å². The number of nitrogens with zero attached hydrogens (tertiary/aromatic N) is 6. The fraction of sp³-hybridized carbons (Fsp3) is 0.625. The highest BCUT2D eigenvalue weighted by molar-refractivity contribution is 8.14. The molecule has 1 aromatic rings. The Kier molecular flexibility index (Phi) is 23.7. The summed E-state index contributed by atoms with van der Waals surface area (Å²) in [5, 5.41) is 7.56. The van der Waals surface area contributed by atoms with Crippen molar-refractivity contribution in [3.05, 3.63) is 41.8 Å². The van der Waals surface area contributed by atoms with Gasteiger partial charge in [0.1, 0.15) is 29.0 Å². The summed E-state index contributed by atoms with van der Waals surface area (Å²) in [7, 11) is 3.26. The van der Waals surface area contributed by atoms with E-state index < -0.39 is 29.8 Å². The molecule has 3 N–H and O–H groups in total. The van der Waals surface area contributed by atoms with E-state index in [2.05, 4.69) is 42.2 Å². The highest BCUT2D eigenvalue weighted by atomic mass is 32.2. The predicted molar refractivity (Wildman–Crippen MR) is 271 cm³/mol. The number of aliphatic imine (C=N–C) groups is 3. The minimum atomic E-state index is -0.615. The maximum atomic E-state index is 12.1. The second kappa shape index (κ2) is 26.5. The summed E-state index contributed by atoms with van der Waals surface area (Å²) in [4.78, 5) is 116. The fourth-order valence-corrected chi connectivity index (χ4v) is 8.13. The monoisotopic (exact) mass is 970 g/mol. The molecule has 67 heavy (non-hydrogen) atoms. The van der Waals surface area contributed by atoms with Gasteiger partial charge in [-0.1, -0.05) is 81.9 Å². The molecule has 0 spiro atoms. The molecule has 0 aliphatic carbocycles. The van der Waals surface area contributed by atoms with Crippen LogP contribution in [0.4, 0.5) is 0 Å². The molecule has 0 radical (unpaired) electrons. The van der Waals surface area contributed by atoms with Gasteiger partial charge in [-0.25, -0.2) is 4.98 Å². The van der Waals surface area contributed by atoms with Gasteiger partial charge < -0.3 is 20.5 Å². The van der Waals surface area contributed by atoms with Crippen molar-refractivity contribution in [1.82, 2.24) is 30.4 Å². The summed E-state index contributed by atoms with van der Waals surface area (Å²) in [5.41, 5.74) is 0.977. The molecule has 0 saturated carbocycles. The lowest BCUT2D eigenvalue weighted by Crippen LogP contribution is -2.55. The number of carbonyl (C=O) groups excluding carboxylic acids is 8. The van der Waals surface area contributed by atoms with Gasteiger partial charge in [0.25, 0.3) is 5.91 Å². The number of hydrogen-bond donors (Lipinski definition) is 3. The second-order valence-electron chi connectivity index (χ2n) is 18.9. The summed E-state index contributed by atoms with van der Waals surface area (Å²) in [6.07, 6.45) is 3.20. The number of carbonyl (C=O) groups is 8. The molecular formula is C48H75N9O8S2. The molecule has 1 aromatic heterocycles. The van der Waals surface area contributed by atoms with E-state index in [0.29, 0.717) is 24.6 Å². The molecule has 3 aliphatic heterocycles. The van der Waals surface area contributed by atoms with E-state index in [1.165, 1.54) is 23.1 Å². The average Bonchev–Trinajstić information content (AvgIpc) is 4.01. The van der Waals surface area contributed by atoms with Gasteiger partial charge in [0, 0.05) is 73.9 Å². The minimum absolute atomic E-state index is 0.0354. The molecule has 4 heterocycles. The molecule has 3 aliphatic rings. The van der Waals surface area contributed by atoms with E-state index >= 15 is 0 Å². The molecule has 3 amide bonds. The molecule has 0 bridgehead atoms. The predicted octanol–water partition coefficient (Wildman–Crippen LogP) is 6.21. The lowest BCUT2D eigenvalue weighted by atomic mass is 9.84. The number of amides is 3. The van der Waals surface area contributed by atoms with Crippen LogP contribution in [0.15, 0.2) is 45.4 Å². The highest BCUT2D eigenvalue weighted by Gasteiger charge is 2.35. The Balaban J connectivity index is 0.000000449. The number of rotatable bonds is 14. The van der Waals surface area contributed by atoms with Crippen molar-refractivity contribution in [2.75, 3.05) is 38.7 Å². The van der Waals surface area contributed by atoms with Gasteiger partial charge in [-0.05, 0) is 34.6 Å². The quantitative estimate of drug-likeness (QED) is 0.0818. The summed E-state index contributed by atoms with van der Waals surface area (Å²) < 4.78 is 0. The Morgan fingerprint density at radius 3 is 1.69 bits per heavy atom. The first kappa shape index (κ1) is 60.0. The number of aromatic nitrogens is 2. The van der Waals surface area contributed by atoms with Crippen LogP contribution in [0.2, 0.25) is 0 Å². The largest absolute Gasteiger partial charge is 0.362 e. The normalized spacial score (nSPS) is 18.6. The third kappa shape index (κ3) is 18.2. The highest BCUT2D eigenvalue weighted by Crippen LogP contribution is 2.29. The number of H-pyrrole nitrogens is 1. The number of nitrogens with one attached hydrogen (secondary N) is 3. The lowest BCUT2D eigenvalue weighted by Gasteiger charge is -2.33. The molecule has 372 valence electrons. The summed E-state index contributed by atoms with van der Waals surface area (Å²) in [5.74, 6) is 0.121. The molecule has 4 atom stereocenters. The van der Waals surface area contributed by atoms with Crippen molar-refractivity contribution in [3.8, 4) is 0 Å². The molecule has 1 fully saturated rings. The van der Waals surface area contributed by atoms with Crippen molar-refractivity contribution >= 4 is 86.0 Å². The van der Waals surface area contributed by atoms with E-state index in [-0.39, 0.29) is 75.1 Å². The molecule has 4 unspecified atom stereocenters. The molecule has 1 saturated heterocycles. The average molecular weight is 970 g/mol. The van der Waals surface area contributed by atoms with Gasteiger partial charge in [-0.3, -0.25) is 58.2 Å². The van der Waals surface area contributed by atoms with Gasteiger partial charge in [-0.15, -0.1) is 23.5 Å². The summed E-state index contributed by atoms with van der Waals surface area (Å²) in [6, 6.07) is -0.992. The first-order chi connectivity index (χ1) is 30.8. The first-order valence-electron chi connectivity index (χ1n) is 22.3. The summed E-state index contributed by atoms with van der Waals surface area (Å²) in [6.45, 7) is 33.9. The van der Waals surface area contributed by atoms with Crippen molar-refractivity contribution in [2.24, 2.45) is 37.6 Å². The van der Waals surface area contributed by atoms with Crippen LogP contribution in [0.1, 0.15) is 132 Å². The molecular weight excluding hydrogens is 895 g/mol. The van der Waals surface area contributed by atoms with E-state index in [1.54, 1.807) is 65.3 Å². The Labute approximate surface area is 406 Å². The Hall–Kier alpha value is -5.04. The van der Waals surface area contributed by atoms with Crippen LogP contribution in [-0.4, -0.2) is 145 Å². The first-order valence-corrected chi connectivity index (χ1v) is 24.3. The van der Waals surface area contributed by atoms with Gasteiger partial charge in [0.15, 0.2) is 28.9 Å². The number of ketones is 5. The van der Waals surface area contributed by atoms with Gasteiger partial charge in [-0.2, -0.15) is 0 Å². The Morgan fingerprint density at radius 2 is 1.28 bits per heavy atom. The number of piperazine rings is 1. The van der Waals surface area contributed by atoms with Crippen molar-refractivity contribution in [3.63, 3.8) is 0 Å². The smallest absolute Gasteiger partial charge is 0.317 e. The minimum Gasteiger partial charge on any atom is -0.362 e. The zero-order valence-electron chi connectivity index (χ0n) is 42.9. The zero-order chi connectivity index (χ0) is 51.9. The standard InChI is InChI=1S/C13H21N3O3.C12H17N3O3.C12H19NOS.C11H18N2OS/c1-8(2)11(17)9(3)14-10(4)16-7-6-15(5)12(18)13(16)19;1-6(2)11(17)7(3)15-12(18)10-9(8(4)16)13-5-14-10;1-6-9(11(14)12(3,4)5)10-7-15-8(2)13-10;1-7-13-8(6-15-7)9(12-5)10(14)11(2,3)4/h8-9,14H,4,6-7H2,1-3,5H3;5-7H,1-4H3,(H,13,14)(H,15,18);6,10H,7H2,1-5H3;8H,6H2,1-5H3/b;;9-6-;. The van der Waals surface area contributed by atoms with Crippen molar-refractivity contribution in [1.29, 1.82) is 0 Å². The molecule has 0 aromatic carbocycles. The van der Waals surface area contributed by atoms with Crippen molar-refractivity contribution in [2.45, 2.75) is 135 Å². The van der Waals surface area contributed by atoms with E-state index in [0.717, 1.165) is 27.2 Å². The SMILES string of the molecule is C/C=C(\C(=O)C(C)(C)C)C1CSC(C)=N1.C=C(NC(C)C(=O)C(C)C)N1CCN(C)C(=O)C1=O.CC(=O)c1nc[nH]c1C(=O)NC(C)C(=O)C(C)C.CN=C(C(=O)C(C)(C)C)C1CSC(C)=N1. The topological polar surface area (TPSA) is 233 Å². The number of allylic oxidation sites excluding steroid dienone is 1. The maximum Gasteiger partial charge on any atom is 0.317 e. The maximum absolute atomic E-state index is 12.1. The second-order valence-corrected chi connectivity index (χ2v) is 21.4. The third-order valence-electron chi connectivity index (χ3n) is 10.3. The van der Waals surface area contributed by atoms with Gasteiger partial charge >= 0.3 is 11.8 Å². The molecule has 17 nitrogen and oxygen atoms in total. The van der Waals surface area contributed by atoms with Crippen LogP contribution < -0.4 is 10.6 Å². The van der Waals surface area contributed by atoms with Crippen LogP contribution in [0.25, 0.3) is 0 Å². The third-order valence-corrected chi connectivity index (χ3v) is 12.4. The molecule has 4 rings (SSSR count). The number of imidazole rings is 1. The fourth-order valence-electron chi connectivity index (χ4n) is 6.44. The van der Waals surface area contributed by atoms with Crippen LogP contribution in [0.5, 0.6) is 0 Å². The Morgan fingerprint density at radius 1 is 0.806 bits per heavy atom. The number of Topliss-reactive ketones (excluding diaryl/α,β-unsaturated/α-hetero) is 5. The van der Waals surface area contributed by atoms with Gasteiger partial charge in [0.05, 0.1) is 34.5 Å². The van der Waals surface area contributed by atoms with Crippen LogP contribution in [-0.2, 0) is 28.8 Å². The lowest BCUT2D eigenvalue weighted by molar-refractivity contribution is -0.153. The number of likely N-dealkylation sites (N-methyl/N-ethyl adjacent to an activating group) is 1. The van der Waals surface area contributed by atoms with E-state index in [1.807, 2.05) is 82.2 Å². The van der Waals surface area contributed by atoms with Crippen LogP contribution in [0.3, 0.4) is 0 Å².